The molecule has 0 aromatic rings. The van der Waals surface area contributed by atoms with E-state index in [1.165, 1.54) is 38.9 Å². The van der Waals surface area contributed by atoms with E-state index in [0.29, 0.717) is 5.41 Å². The monoisotopic (exact) mass is 254 g/mol. The molecule has 0 aliphatic carbocycles. The van der Waals surface area contributed by atoms with E-state index in [0.717, 1.165) is 12.5 Å². The van der Waals surface area contributed by atoms with Crippen LogP contribution in [0.3, 0.4) is 0 Å². The van der Waals surface area contributed by atoms with Crippen molar-refractivity contribution in [3.63, 3.8) is 0 Å². The van der Waals surface area contributed by atoms with Crippen LogP contribution in [0.1, 0.15) is 60.8 Å². The summed E-state index contributed by atoms with van der Waals surface area (Å²) >= 11 is 0. The number of likely N-dealkylation sites (tertiary alicyclic amines) is 1. The topological polar surface area (TPSA) is 15.3 Å². The molecule has 0 radical (unpaired) electrons. The summed E-state index contributed by atoms with van der Waals surface area (Å²) in [5, 5.41) is 3.62. The van der Waals surface area contributed by atoms with Gasteiger partial charge in [0.25, 0.3) is 0 Å². The van der Waals surface area contributed by atoms with Gasteiger partial charge in [-0.3, -0.25) is 0 Å². The van der Waals surface area contributed by atoms with Gasteiger partial charge in [-0.2, -0.15) is 0 Å². The molecule has 0 aromatic heterocycles. The second-order valence-corrected chi connectivity index (χ2v) is 7.43. The first kappa shape index (κ1) is 16.0. The van der Waals surface area contributed by atoms with Gasteiger partial charge in [-0.05, 0) is 64.5 Å². The van der Waals surface area contributed by atoms with Gasteiger partial charge < -0.3 is 10.2 Å². The molecule has 0 saturated carbocycles. The highest BCUT2D eigenvalue weighted by molar-refractivity contribution is 4.88. The van der Waals surface area contributed by atoms with Crippen molar-refractivity contribution < 1.29 is 0 Å². The van der Waals surface area contributed by atoms with E-state index < -0.39 is 0 Å². The zero-order valence-corrected chi connectivity index (χ0v) is 13.5. The fraction of sp³-hybridized carbons (Fsp3) is 1.00. The Balaban J connectivity index is 2.32. The molecule has 1 heterocycles. The van der Waals surface area contributed by atoms with Gasteiger partial charge in [0.2, 0.25) is 0 Å². The maximum atomic E-state index is 3.62. The number of hydrogen-bond donors (Lipinski definition) is 1. The quantitative estimate of drug-likeness (QED) is 0.780. The normalized spacial score (nSPS) is 22.3. The molecular weight excluding hydrogens is 220 g/mol. The first-order valence-corrected chi connectivity index (χ1v) is 7.77. The van der Waals surface area contributed by atoms with Crippen LogP contribution in [-0.4, -0.2) is 36.6 Å². The van der Waals surface area contributed by atoms with Crippen LogP contribution in [-0.2, 0) is 0 Å². The van der Waals surface area contributed by atoms with Gasteiger partial charge in [-0.15, -0.1) is 0 Å². The Hall–Kier alpha value is -0.0800. The van der Waals surface area contributed by atoms with Crippen molar-refractivity contribution in [1.82, 2.24) is 10.2 Å². The first-order valence-electron chi connectivity index (χ1n) is 7.77. The van der Waals surface area contributed by atoms with Gasteiger partial charge in [0, 0.05) is 18.6 Å². The SMILES string of the molecule is CCC1(CC)CCN(CC(C)CNC(C)(C)C)C1. The average molecular weight is 254 g/mol. The van der Waals surface area contributed by atoms with Crippen LogP contribution in [0.5, 0.6) is 0 Å². The van der Waals surface area contributed by atoms with Crippen LogP contribution in [0, 0.1) is 11.3 Å². The largest absolute Gasteiger partial charge is 0.312 e. The average Bonchev–Trinajstić information content (AvgIpc) is 2.70. The van der Waals surface area contributed by atoms with Crippen molar-refractivity contribution in [2.24, 2.45) is 11.3 Å². The fourth-order valence-corrected chi connectivity index (χ4v) is 3.00. The molecule has 108 valence electrons. The predicted molar refractivity (Wildman–Crippen MR) is 81.0 cm³/mol. The molecule has 0 spiro atoms. The van der Waals surface area contributed by atoms with Crippen LogP contribution in [0.25, 0.3) is 0 Å². The lowest BCUT2D eigenvalue weighted by molar-refractivity contribution is 0.216. The van der Waals surface area contributed by atoms with Crippen molar-refractivity contribution in [3.05, 3.63) is 0 Å². The summed E-state index contributed by atoms with van der Waals surface area (Å²) in [7, 11) is 0. The third-order valence-electron chi connectivity index (χ3n) is 4.57. The standard InChI is InChI=1S/C16H34N2/c1-7-16(8-2)9-10-18(13-16)12-14(3)11-17-15(4,5)6/h14,17H,7-13H2,1-6H3. The third-order valence-corrected chi connectivity index (χ3v) is 4.57. The summed E-state index contributed by atoms with van der Waals surface area (Å²) < 4.78 is 0. The Labute approximate surface area is 115 Å². The van der Waals surface area contributed by atoms with Gasteiger partial charge in [0.05, 0.1) is 0 Å². The highest BCUT2D eigenvalue weighted by atomic mass is 15.2. The summed E-state index contributed by atoms with van der Waals surface area (Å²) in [4.78, 5) is 2.68. The van der Waals surface area contributed by atoms with Crippen molar-refractivity contribution in [2.75, 3.05) is 26.2 Å². The summed E-state index contributed by atoms with van der Waals surface area (Å²) in [5.74, 6) is 0.744. The molecule has 0 bridgehead atoms. The van der Waals surface area contributed by atoms with E-state index in [-0.39, 0.29) is 5.54 Å². The summed E-state index contributed by atoms with van der Waals surface area (Å²) in [6.45, 7) is 18.8. The van der Waals surface area contributed by atoms with Gasteiger partial charge in [0.1, 0.15) is 0 Å². The number of nitrogens with zero attached hydrogens (tertiary/aromatic N) is 1. The molecule has 1 atom stereocenters. The smallest absolute Gasteiger partial charge is 0.00966 e. The molecule has 1 fully saturated rings. The highest BCUT2D eigenvalue weighted by Crippen LogP contribution is 2.37. The minimum absolute atomic E-state index is 0.246. The molecule has 2 nitrogen and oxygen atoms in total. The highest BCUT2D eigenvalue weighted by Gasteiger charge is 2.34. The molecule has 1 rings (SSSR count). The Kier molecular flexibility index (Phi) is 5.67. The first-order chi connectivity index (χ1) is 8.30. The number of rotatable bonds is 6. The number of hydrogen-bond acceptors (Lipinski definition) is 2. The van der Waals surface area contributed by atoms with Crippen molar-refractivity contribution in [1.29, 1.82) is 0 Å². The van der Waals surface area contributed by atoms with E-state index in [4.69, 9.17) is 0 Å². The minimum Gasteiger partial charge on any atom is -0.312 e. The zero-order valence-electron chi connectivity index (χ0n) is 13.5. The lowest BCUT2D eigenvalue weighted by atomic mass is 9.82. The zero-order chi connectivity index (χ0) is 13.8. The van der Waals surface area contributed by atoms with E-state index in [1.54, 1.807) is 0 Å². The lowest BCUT2D eigenvalue weighted by Crippen LogP contribution is -2.41. The Morgan fingerprint density at radius 1 is 1.22 bits per heavy atom. The Morgan fingerprint density at radius 3 is 2.28 bits per heavy atom. The van der Waals surface area contributed by atoms with E-state index in [2.05, 4.69) is 51.8 Å². The van der Waals surface area contributed by atoms with Gasteiger partial charge in [-0.25, -0.2) is 0 Å². The van der Waals surface area contributed by atoms with Gasteiger partial charge in [-0.1, -0.05) is 20.8 Å². The molecule has 1 saturated heterocycles. The molecule has 2 heteroatoms. The molecule has 18 heavy (non-hydrogen) atoms. The number of nitrogens with one attached hydrogen (secondary N) is 1. The Morgan fingerprint density at radius 2 is 1.83 bits per heavy atom. The van der Waals surface area contributed by atoms with Crippen LogP contribution < -0.4 is 5.32 Å². The molecular formula is C16H34N2. The lowest BCUT2D eigenvalue weighted by Gasteiger charge is -2.29. The Bertz CT molecular complexity index is 238. The predicted octanol–water partition coefficient (Wildman–Crippen LogP) is 3.52. The molecule has 0 amide bonds. The fourth-order valence-electron chi connectivity index (χ4n) is 3.00. The van der Waals surface area contributed by atoms with Gasteiger partial charge >= 0.3 is 0 Å². The van der Waals surface area contributed by atoms with Crippen molar-refractivity contribution in [3.8, 4) is 0 Å². The van der Waals surface area contributed by atoms with Crippen molar-refractivity contribution in [2.45, 2.75) is 66.3 Å². The second-order valence-electron chi connectivity index (χ2n) is 7.43. The molecule has 1 unspecified atom stereocenters. The molecule has 0 aromatic carbocycles. The van der Waals surface area contributed by atoms with E-state index in [1.807, 2.05) is 0 Å². The van der Waals surface area contributed by atoms with Crippen LogP contribution in [0.2, 0.25) is 0 Å². The third kappa shape index (κ3) is 4.89. The second kappa shape index (κ2) is 6.38. The molecule has 1 aliphatic heterocycles. The molecule has 1 N–H and O–H groups in total. The summed E-state index contributed by atoms with van der Waals surface area (Å²) in [6, 6.07) is 0. The van der Waals surface area contributed by atoms with Crippen LogP contribution in [0.4, 0.5) is 0 Å². The van der Waals surface area contributed by atoms with Crippen LogP contribution >= 0.6 is 0 Å². The summed E-state index contributed by atoms with van der Waals surface area (Å²) in [6.07, 6.45) is 4.09. The minimum atomic E-state index is 0.246. The molecule has 1 aliphatic rings. The van der Waals surface area contributed by atoms with E-state index in [9.17, 15) is 0 Å². The summed E-state index contributed by atoms with van der Waals surface area (Å²) in [5.41, 5.74) is 0.868. The maximum absolute atomic E-state index is 3.62. The van der Waals surface area contributed by atoms with E-state index >= 15 is 0 Å². The van der Waals surface area contributed by atoms with Crippen LogP contribution in [0.15, 0.2) is 0 Å². The van der Waals surface area contributed by atoms with Gasteiger partial charge in [0.15, 0.2) is 0 Å². The maximum Gasteiger partial charge on any atom is 0.00966 e. The van der Waals surface area contributed by atoms with Crippen molar-refractivity contribution >= 4 is 0 Å².